The molecule has 102 valence electrons. The van der Waals surface area contributed by atoms with Gasteiger partial charge in [-0.3, -0.25) is 0 Å². The van der Waals surface area contributed by atoms with Crippen LogP contribution in [0.15, 0.2) is 28.8 Å². The van der Waals surface area contributed by atoms with E-state index in [1.165, 1.54) is 4.80 Å². The minimum Gasteiger partial charge on any atom is -0.337 e. The van der Waals surface area contributed by atoms with Crippen LogP contribution in [0.25, 0.3) is 11.4 Å². The summed E-state index contributed by atoms with van der Waals surface area (Å²) in [5.41, 5.74) is 0.842. The molecule has 0 saturated heterocycles. The zero-order chi connectivity index (χ0) is 14.1. The first kappa shape index (κ1) is 12.7. The van der Waals surface area contributed by atoms with Crippen LogP contribution in [-0.2, 0) is 0 Å². The van der Waals surface area contributed by atoms with Crippen LogP contribution < -0.4 is 0 Å². The molecule has 20 heavy (non-hydrogen) atoms. The number of aryl methyl sites for hydroxylation is 1. The monoisotopic (exact) mass is 290 g/mol. The first-order valence-corrected chi connectivity index (χ1v) is 6.37. The summed E-state index contributed by atoms with van der Waals surface area (Å²) in [6.07, 6.45) is 0. The topological polar surface area (TPSA) is 82.5 Å². The zero-order valence-corrected chi connectivity index (χ0v) is 11.6. The van der Waals surface area contributed by atoms with Crippen LogP contribution in [-0.4, -0.2) is 30.3 Å². The Hall–Kier alpha value is -2.28. The van der Waals surface area contributed by atoms with Gasteiger partial charge in [-0.05, 0) is 43.3 Å². The Morgan fingerprint density at radius 1 is 1.25 bits per heavy atom. The van der Waals surface area contributed by atoms with Gasteiger partial charge in [0.05, 0.1) is 0 Å². The van der Waals surface area contributed by atoms with Gasteiger partial charge in [0.1, 0.15) is 6.04 Å². The van der Waals surface area contributed by atoms with Gasteiger partial charge >= 0.3 is 0 Å². The Morgan fingerprint density at radius 2 is 2.00 bits per heavy atom. The van der Waals surface area contributed by atoms with E-state index < -0.39 is 0 Å². The lowest BCUT2D eigenvalue weighted by molar-refractivity contribution is 0.319. The summed E-state index contributed by atoms with van der Waals surface area (Å²) < 4.78 is 5.10. The van der Waals surface area contributed by atoms with Crippen LogP contribution in [0.2, 0.25) is 5.02 Å². The number of hydrogen-bond acceptors (Lipinski definition) is 6. The zero-order valence-electron chi connectivity index (χ0n) is 10.9. The highest BCUT2D eigenvalue weighted by molar-refractivity contribution is 6.30. The van der Waals surface area contributed by atoms with Gasteiger partial charge in [-0.2, -0.15) is 9.78 Å². The predicted molar refractivity (Wildman–Crippen MR) is 71.1 cm³/mol. The molecule has 0 radical (unpaired) electrons. The Bertz CT molecular complexity index is 720. The summed E-state index contributed by atoms with van der Waals surface area (Å²) in [6.45, 7) is 3.62. The molecule has 0 unspecified atom stereocenters. The number of hydrogen-bond donors (Lipinski definition) is 0. The average molecular weight is 291 g/mol. The van der Waals surface area contributed by atoms with Crippen molar-refractivity contribution in [2.75, 3.05) is 0 Å². The summed E-state index contributed by atoms with van der Waals surface area (Å²) in [6, 6.07) is 6.96. The molecule has 3 aromatic rings. The molecule has 0 aliphatic rings. The SMILES string of the molecule is Cc1noc([C@@H](C)n2nnc(-c3ccc(Cl)cc3)n2)n1. The molecule has 2 heterocycles. The molecule has 0 spiro atoms. The van der Waals surface area contributed by atoms with E-state index in [4.69, 9.17) is 16.1 Å². The summed E-state index contributed by atoms with van der Waals surface area (Å²) in [5, 5.41) is 16.8. The van der Waals surface area contributed by atoms with Gasteiger partial charge in [0.15, 0.2) is 5.82 Å². The molecule has 0 saturated carbocycles. The van der Waals surface area contributed by atoms with Crippen LogP contribution in [0.1, 0.15) is 24.7 Å². The number of aromatic nitrogens is 6. The van der Waals surface area contributed by atoms with E-state index in [-0.39, 0.29) is 6.04 Å². The molecule has 7 nitrogen and oxygen atoms in total. The lowest BCUT2D eigenvalue weighted by Crippen LogP contribution is -2.11. The molecule has 2 aromatic heterocycles. The van der Waals surface area contributed by atoms with E-state index in [0.717, 1.165) is 5.56 Å². The van der Waals surface area contributed by atoms with E-state index in [9.17, 15) is 0 Å². The van der Waals surface area contributed by atoms with Crippen LogP contribution in [0, 0.1) is 6.92 Å². The maximum atomic E-state index is 5.85. The highest BCUT2D eigenvalue weighted by atomic mass is 35.5. The average Bonchev–Trinajstić information content (AvgIpc) is 3.08. The van der Waals surface area contributed by atoms with Crippen LogP contribution in [0.3, 0.4) is 0 Å². The van der Waals surface area contributed by atoms with Crippen molar-refractivity contribution in [1.29, 1.82) is 0 Å². The Labute approximate surface area is 119 Å². The fourth-order valence-electron chi connectivity index (χ4n) is 1.69. The van der Waals surface area contributed by atoms with Crippen molar-refractivity contribution in [3.05, 3.63) is 41.0 Å². The van der Waals surface area contributed by atoms with E-state index in [2.05, 4.69) is 25.6 Å². The van der Waals surface area contributed by atoms with Gasteiger partial charge in [-0.25, -0.2) is 0 Å². The third-order valence-electron chi connectivity index (χ3n) is 2.78. The van der Waals surface area contributed by atoms with E-state index in [0.29, 0.717) is 22.6 Å². The second-order valence-electron chi connectivity index (χ2n) is 4.30. The normalized spacial score (nSPS) is 12.6. The Balaban J connectivity index is 1.88. The Morgan fingerprint density at radius 3 is 2.65 bits per heavy atom. The van der Waals surface area contributed by atoms with Gasteiger partial charge in [0.2, 0.25) is 5.82 Å². The van der Waals surface area contributed by atoms with Gasteiger partial charge in [-0.1, -0.05) is 16.8 Å². The maximum Gasteiger partial charge on any atom is 0.253 e. The van der Waals surface area contributed by atoms with Crippen molar-refractivity contribution in [2.45, 2.75) is 19.9 Å². The van der Waals surface area contributed by atoms with Crippen molar-refractivity contribution >= 4 is 11.6 Å². The van der Waals surface area contributed by atoms with Gasteiger partial charge < -0.3 is 4.52 Å². The van der Waals surface area contributed by atoms with E-state index >= 15 is 0 Å². The molecule has 0 amide bonds. The molecule has 0 fully saturated rings. The summed E-state index contributed by atoms with van der Waals surface area (Å²) >= 11 is 5.85. The van der Waals surface area contributed by atoms with Crippen molar-refractivity contribution in [1.82, 2.24) is 30.3 Å². The number of nitrogens with zero attached hydrogens (tertiary/aromatic N) is 6. The molecule has 0 bridgehead atoms. The molecule has 1 atom stereocenters. The van der Waals surface area contributed by atoms with Gasteiger partial charge in [0.25, 0.3) is 5.89 Å². The molecular formula is C12H11ClN6O. The van der Waals surface area contributed by atoms with Crippen molar-refractivity contribution in [3.8, 4) is 11.4 Å². The van der Waals surface area contributed by atoms with Crippen molar-refractivity contribution < 1.29 is 4.52 Å². The third kappa shape index (κ3) is 2.39. The molecule has 0 N–H and O–H groups in total. The molecular weight excluding hydrogens is 280 g/mol. The van der Waals surface area contributed by atoms with Gasteiger partial charge in [-0.15, -0.1) is 10.2 Å². The fraction of sp³-hybridized carbons (Fsp3) is 0.250. The second kappa shape index (κ2) is 5.01. The minimum absolute atomic E-state index is 0.273. The third-order valence-corrected chi connectivity index (χ3v) is 3.03. The molecule has 0 aliphatic heterocycles. The number of halogens is 1. The highest BCUT2D eigenvalue weighted by Gasteiger charge is 2.18. The molecule has 0 aliphatic carbocycles. The molecule has 1 aromatic carbocycles. The molecule has 3 rings (SSSR count). The van der Waals surface area contributed by atoms with Crippen LogP contribution >= 0.6 is 11.6 Å². The minimum atomic E-state index is -0.273. The smallest absolute Gasteiger partial charge is 0.253 e. The number of tetrazole rings is 1. The number of benzene rings is 1. The van der Waals surface area contributed by atoms with Crippen LogP contribution in [0.4, 0.5) is 0 Å². The quantitative estimate of drug-likeness (QED) is 0.736. The number of rotatable bonds is 3. The van der Waals surface area contributed by atoms with E-state index in [1.807, 2.05) is 19.1 Å². The largest absolute Gasteiger partial charge is 0.337 e. The lowest BCUT2D eigenvalue weighted by Gasteiger charge is -2.02. The van der Waals surface area contributed by atoms with E-state index in [1.54, 1.807) is 19.1 Å². The summed E-state index contributed by atoms with van der Waals surface area (Å²) in [5.74, 6) is 1.54. The Kier molecular flexibility index (Phi) is 3.19. The fourth-order valence-corrected chi connectivity index (χ4v) is 1.81. The first-order valence-electron chi connectivity index (χ1n) is 5.99. The van der Waals surface area contributed by atoms with Gasteiger partial charge in [0, 0.05) is 10.6 Å². The standard InChI is InChI=1S/C12H11ClN6O/c1-7(12-14-8(2)17-20-12)19-16-11(15-18-19)9-3-5-10(13)6-4-9/h3-7H,1-2H3/t7-/m1/s1. The summed E-state index contributed by atoms with van der Waals surface area (Å²) in [7, 11) is 0. The maximum absolute atomic E-state index is 5.85. The molecule has 8 heteroatoms. The summed E-state index contributed by atoms with van der Waals surface area (Å²) in [4.78, 5) is 5.60. The highest BCUT2D eigenvalue weighted by Crippen LogP contribution is 2.19. The first-order chi connectivity index (χ1) is 9.63. The van der Waals surface area contributed by atoms with Crippen molar-refractivity contribution in [2.24, 2.45) is 0 Å². The second-order valence-corrected chi connectivity index (χ2v) is 4.73. The van der Waals surface area contributed by atoms with Crippen LogP contribution in [0.5, 0.6) is 0 Å². The van der Waals surface area contributed by atoms with Crippen molar-refractivity contribution in [3.63, 3.8) is 0 Å². The predicted octanol–water partition coefficient (Wildman–Crippen LogP) is 2.29. The lowest BCUT2D eigenvalue weighted by atomic mass is 10.2.